The molecule has 0 aliphatic heterocycles. The molecule has 0 radical (unpaired) electrons. The first-order chi connectivity index (χ1) is 10.6. The fourth-order valence-corrected chi connectivity index (χ4v) is 6.52. The molecular formula is C19H25BrO2. The van der Waals surface area contributed by atoms with Gasteiger partial charge in [-0.05, 0) is 96.2 Å². The largest absolute Gasteiger partial charge is 0.466 e. The maximum Gasteiger partial charge on any atom is 0.188 e. The number of hydrogen-bond donors (Lipinski definition) is 0. The van der Waals surface area contributed by atoms with Crippen LogP contribution in [-0.2, 0) is 10.2 Å². The third kappa shape index (κ3) is 2.41. The lowest BCUT2D eigenvalue weighted by atomic mass is 9.48. The molecule has 4 saturated carbocycles. The number of methoxy groups -OCH3 is 1. The Morgan fingerprint density at radius 3 is 2.23 bits per heavy atom. The van der Waals surface area contributed by atoms with Crippen molar-refractivity contribution in [3.05, 3.63) is 27.7 Å². The molecule has 120 valence electrons. The minimum absolute atomic E-state index is 0.320. The van der Waals surface area contributed by atoms with E-state index in [2.05, 4.69) is 35.0 Å². The van der Waals surface area contributed by atoms with Crippen LogP contribution in [0.1, 0.15) is 49.7 Å². The molecule has 22 heavy (non-hydrogen) atoms. The highest BCUT2D eigenvalue weighted by molar-refractivity contribution is 9.10. The zero-order valence-electron chi connectivity index (χ0n) is 13.5. The SMILES string of the molecule is COCOc1c(Br)cc(C)cc1C12CC3CC(CC(C3)C1)C2. The molecule has 4 aliphatic rings. The highest BCUT2D eigenvalue weighted by Crippen LogP contribution is 2.62. The Kier molecular flexibility index (Phi) is 3.77. The van der Waals surface area contributed by atoms with Crippen LogP contribution in [0, 0.1) is 24.7 Å². The molecule has 0 amide bonds. The summed E-state index contributed by atoms with van der Waals surface area (Å²) in [4.78, 5) is 0. The van der Waals surface area contributed by atoms with Crippen LogP contribution in [-0.4, -0.2) is 13.9 Å². The molecule has 1 aromatic carbocycles. The Bertz CT molecular complexity index is 546. The van der Waals surface area contributed by atoms with Gasteiger partial charge in [0, 0.05) is 12.7 Å². The summed E-state index contributed by atoms with van der Waals surface area (Å²) in [7, 11) is 1.69. The normalized spacial score (nSPS) is 35.9. The molecular weight excluding hydrogens is 340 g/mol. The van der Waals surface area contributed by atoms with Crippen molar-refractivity contribution in [3.8, 4) is 5.75 Å². The minimum atomic E-state index is 0.320. The van der Waals surface area contributed by atoms with Gasteiger partial charge in [0.15, 0.2) is 6.79 Å². The molecule has 0 spiro atoms. The second-order valence-corrected chi connectivity index (χ2v) is 8.73. The van der Waals surface area contributed by atoms with Gasteiger partial charge in [0.1, 0.15) is 5.75 Å². The van der Waals surface area contributed by atoms with Crippen LogP contribution >= 0.6 is 15.9 Å². The van der Waals surface area contributed by atoms with Gasteiger partial charge in [0.2, 0.25) is 0 Å². The summed E-state index contributed by atoms with van der Waals surface area (Å²) in [5.41, 5.74) is 3.12. The van der Waals surface area contributed by atoms with Crippen LogP contribution < -0.4 is 4.74 Å². The van der Waals surface area contributed by atoms with Gasteiger partial charge in [-0.1, -0.05) is 6.07 Å². The van der Waals surface area contributed by atoms with Crippen LogP contribution in [0.25, 0.3) is 0 Å². The van der Waals surface area contributed by atoms with Crippen molar-refractivity contribution < 1.29 is 9.47 Å². The van der Waals surface area contributed by atoms with E-state index in [1.807, 2.05) is 0 Å². The summed E-state index contributed by atoms with van der Waals surface area (Å²) in [6, 6.07) is 4.54. The van der Waals surface area contributed by atoms with E-state index in [-0.39, 0.29) is 0 Å². The highest BCUT2D eigenvalue weighted by atomic mass is 79.9. The first-order valence-electron chi connectivity index (χ1n) is 8.52. The molecule has 0 heterocycles. The summed E-state index contributed by atoms with van der Waals surface area (Å²) in [6.45, 7) is 2.51. The van der Waals surface area contributed by atoms with E-state index in [1.54, 1.807) is 7.11 Å². The first kappa shape index (κ1) is 15.0. The Labute approximate surface area is 141 Å². The number of ether oxygens (including phenoxy) is 2. The molecule has 0 saturated heterocycles. The van der Waals surface area contributed by atoms with Crippen molar-refractivity contribution in [2.24, 2.45) is 17.8 Å². The quantitative estimate of drug-likeness (QED) is 0.682. The van der Waals surface area contributed by atoms with E-state index in [4.69, 9.17) is 9.47 Å². The number of hydrogen-bond acceptors (Lipinski definition) is 2. The van der Waals surface area contributed by atoms with Crippen LogP contribution in [0.2, 0.25) is 0 Å². The monoisotopic (exact) mass is 364 g/mol. The van der Waals surface area contributed by atoms with Gasteiger partial charge in [-0.25, -0.2) is 0 Å². The average Bonchev–Trinajstić information content (AvgIpc) is 2.44. The van der Waals surface area contributed by atoms with Crippen LogP contribution in [0.5, 0.6) is 5.75 Å². The first-order valence-corrected chi connectivity index (χ1v) is 9.31. The van der Waals surface area contributed by atoms with Crippen molar-refractivity contribution in [2.45, 2.75) is 50.9 Å². The third-order valence-corrected chi connectivity index (χ3v) is 6.71. The van der Waals surface area contributed by atoms with Crippen molar-refractivity contribution in [2.75, 3.05) is 13.9 Å². The second kappa shape index (κ2) is 5.52. The van der Waals surface area contributed by atoms with E-state index in [1.165, 1.54) is 49.7 Å². The summed E-state index contributed by atoms with van der Waals surface area (Å²) in [6.07, 6.45) is 8.50. The fraction of sp³-hybridized carbons (Fsp3) is 0.684. The predicted octanol–water partition coefficient (Wildman–Crippen LogP) is 5.21. The molecule has 2 nitrogen and oxygen atoms in total. The fourth-order valence-electron chi connectivity index (χ4n) is 5.83. The zero-order valence-corrected chi connectivity index (χ0v) is 15.1. The van der Waals surface area contributed by atoms with Crippen molar-refractivity contribution >= 4 is 15.9 Å². The summed E-state index contributed by atoms with van der Waals surface area (Å²) in [5.74, 6) is 3.86. The average molecular weight is 365 g/mol. The topological polar surface area (TPSA) is 18.5 Å². The number of rotatable bonds is 4. The lowest BCUT2D eigenvalue weighted by Crippen LogP contribution is -2.48. The van der Waals surface area contributed by atoms with Gasteiger partial charge in [0.25, 0.3) is 0 Å². The summed E-state index contributed by atoms with van der Waals surface area (Å²) < 4.78 is 12.2. The van der Waals surface area contributed by atoms with Gasteiger partial charge in [-0.15, -0.1) is 0 Å². The summed E-state index contributed by atoms with van der Waals surface area (Å²) >= 11 is 3.73. The lowest BCUT2D eigenvalue weighted by molar-refractivity contribution is -0.00896. The van der Waals surface area contributed by atoms with Crippen LogP contribution in [0.15, 0.2) is 16.6 Å². The molecule has 4 bridgehead atoms. The number of benzene rings is 1. The van der Waals surface area contributed by atoms with E-state index in [0.717, 1.165) is 28.0 Å². The molecule has 4 aliphatic carbocycles. The van der Waals surface area contributed by atoms with Gasteiger partial charge in [-0.3, -0.25) is 0 Å². The molecule has 4 fully saturated rings. The molecule has 1 aromatic rings. The summed E-state index contributed by atoms with van der Waals surface area (Å²) in [5, 5.41) is 0. The van der Waals surface area contributed by atoms with Gasteiger partial charge in [0.05, 0.1) is 4.47 Å². The van der Waals surface area contributed by atoms with Crippen molar-refractivity contribution in [3.63, 3.8) is 0 Å². The van der Waals surface area contributed by atoms with Crippen LogP contribution in [0.4, 0.5) is 0 Å². The van der Waals surface area contributed by atoms with Crippen molar-refractivity contribution in [1.82, 2.24) is 0 Å². The lowest BCUT2D eigenvalue weighted by Gasteiger charge is -2.57. The molecule has 5 rings (SSSR count). The Morgan fingerprint density at radius 1 is 1.09 bits per heavy atom. The molecule has 0 atom stereocenters. The van der Waals surface area contributed by atoms with Gasteiger partial charge >= 0.3 is 0 Å². The van der Waals surface area contributed by atoms with Crippen molar-refractivity contribution in [1.29, 1.82) is 0 Å². The zero-order chi connectivity index (χ0) is 15.3. The van der Waals surface area contributed by atoms with E-state index in [0.29, 0.717) is 12.2 Å². The van der Waals surface area contributed by atoms with Gasteiger partial charge < -0.3 is 9.47 Å². The minimum Gasteiger partial charge on any atom is -0.466 e. The third-order valence-electron chi connectivity index (χ3n) is 6.12. The maximum absolute atomic E-state index is 5.99. The van der Waals surface area contributed by atoms with E-state index in [9.17, 15) is 0 Å². The molecule has 3 heteroatoms. The Hall–Kier alpha value is -0.540. The van der Waals surface area contributed by atoms with Crippen LogP contribution in [0.3, 0.4) is 0 Å². The smallest absolute Gasteiger partial charge is 0.188 e. The Morgan fingerprint density at radius 2 is 1.68 bits per heavy atom. The standard InChI is InChI=1S/C19H25BrO2/c1-12-3-16(18(17(20)4-12)22-11-21-2)19-8-13-5-14(9-19)7-15(6-13)10-19/h3-4,13-15H,5-11H2,1-2H3. The predicted molar refractivity (Wildman–Crippen MR) is 91.2 cm³/mol. The molecule has 0 aromatic heterocycles. The highest BCUT2D eigenvalue weighted by Gasteiger charge is 2.52. The maximum atomic E-state index is 5.99. The van der Waals surface area contributed by atoms with Gasteiger partial charge in [-0.2, -0.15) is 0 Å². The number of halogens is 1. The Balaban J connectivity index is 1.78. The second-order valence-electron chi connectivity index (χ2n) is 7.87. The molecule has 0 unspecified atom stereocenters. The van der Waals surface area contributed by atoms with E-state index < -0.39 is 0 Å². The van der Waals surface area contributed by atoms with E-state index >= 15 is 0 Å². The molecule has 0 N–H and O–H groups in total. The number of aryl methyl sites for hydroxylation is 1.